The lowest BCUT2D eigenvalue weighted by Gasteiger charge is -2.11. The standard InChI is InChI=1S/C19H14ClN3O4/c20-13-5-7-14(8-6-13)26-12-18(24)27-11-17-22-16-4-2-1-3-15(16)19(25)23(17)10-9-21/h1-8H,10-12H2. The fourth-order valence-corrected chi connectivity index (χ4v) is 2.54. The van der Waals surface area contributed by atoms with Gasteiger partial charge in [0.15, 0.2) is 12.4 Å². The van der Waals surface area contributed by atoms with Gasteiger partial charge in [-0.25, -0.2) is 9.78 Å². The summed E-state index contributed by atoms with van der Waals surface area (Å²) in [6.07, 6.45) is 0. The van der Waals surface area contributed by atoms with Crippen LogP contribution in [0.2, 0.25) is 5.02 Å². The molecule has 1 aromatic heterocycles. The van der Waals surface area contributed by atoms with Crippen LogP contribution < -0.4 is 10.3 Å². The van der Waals surface area contributed by atoms with Gasteiger partial charge >= 0.3 is 5.97 Å². The molecule has 0 aliphatic carbocycles. The number of halogens is 1. The number of esters is 1. The number of carbonyl (C=O) groups excluding carboxylic acids is 1. The summed E-state index contributed by atoms with van der Waals surface area (Å²) >= 11 is 5.78. The summed E-state index contributed by atoms with van der Waals surface area (Å²) in [6.45, 7) is -0.743. The minimum absolute atomic E-state index is 0.190. The second-order valence-corrected chi connectivity index (χ2v) is 5.93. The molecule has 0 spiro atoms. The average molecular weight is 384 g/mol. The van der Waals surface area contributed by atoms with E-state index in [1.54, 1.807) is 48.5 Å². The highest BCUT2D eigenvalue weighted by Gasteiger charge is 2.13. The highest BCUT2D eigenvalue weighted by molar-refractivity contribution is 6.30. The summed E-state index contributed by atoms with van der Waals surface area (Å²) in [7, 11) is 0. The summed E-state index contributed by atoms with van der Waals surface area (Å²) in [5, 5.41) is 9.93. The second kappa shape index (κ2) is 8.34. The number of nitrogens with zero attached hydrogens (tertiary/aromatic N) is 3. The van der Waals surface area contributed by atoms with E-state index in [4.69, 9.17) is 26.3 Å². The zero-order valence-electron chi connectivity index (χ0n) is 14.1. The molecule has 136 valence electrons. The number of para-hydroxylation sites is 1. The van der Waals surface area contributed by atoms with Crippen LogP contribution in [-0.4, -0.2) is 22.1 Å². The molecule has 8 heteroatoms. The first-order chi connectivity index (χ1) is 13.1. The first-order valence-electron chi connectivity index (χ1n) is 7.98. The van der Waals surface area contributed by atoms with Crippen molar-refractivity contribution < 1.29 is 14.3 Å². The number of fused-ring (bicyclic) bond motifs is 1. The molecule has 0 N–H and O–H groups in total. The van der Waals surface area contributed by atoms with Crippen LogP contribution in [0.4, 0.5) is 0 Å². The molecule has 3 aromatic rings. The Bertz CT molecular complexity index is 1070. The molecule has 0 saturated carbocycles. The van der Waals surface area contributed by atoms with E-state index in [1.807, 2.05) is 6.07 Å². The van der Waals surface area contributed by atoms with E-state index < -0.39 is 5.97 Å². The smallest absolute Gasteiger partial charge is 0.344 e. The predicted octanol–water partition coefficient (Wildman–Crippen LogP) is 2.70. The molecule has 0 saturated heterocycles. The number of hydrogen-bond acceptors (Lipinski definition) is 6. The molecule has 27 heavy (non-hydrogen) atoms. The molecule has 0 bridgehead atoms. The summed E-state index contributed by atoms with van der Waals surface area (Å²) in [5.41, 5.74) is 0.116. The maximum absolute atomic E-state index is 12.5. The number of benzene rings is 2. The summed E-state index contributed by atoms with van der Waals surface area (Å²) < 4.78 is 11.6. The number of carbonyl (C=O) groups is 1. The van der Waals surface area contributed by atoms with Gasteiger partial charge in [0.1, 0.15) is 18.9 Å². The molecular formula is C19H14ClN3O4. The van der Waals surface area contributed by atoms with Gasteiger partial charge in [-0.15, -0.1) is 0 Å². The van der Waals surface area contributed by atoms with Gasteiger partial charge in [0.2, 0.25) is 0 Å². The molecule has 0 aliphatic rings. The highest BCUT2D eigenvalue weighted by Crippen LogP contribution is 2.15. The molecule has 2 aromatic carbocycles. The van der Waals surface area contributed by atoms with Gasteiger partial charge in [0, 0.05) is 5.02 Å². The first kappa shape index (κ1) is 18.4. The van der Waals surface area contributed by atoms with Crippen molar-refractivity contribution in [1.29, 1.82) is 5.26 Å². The molecule has 0 radical (unpaired) electrons. The maximum Gasteiger partial charge on any atom is 0.344 e. The van der Waals surface area contributed by atoms with Gasteiger partial charge in [-0.2, -0.15) is 5.26 Å². The quantitative estimate of drug-likeness (QED) is 0.607. The Kier molecular flexibility index (Phi) is 5.69. The number of hydrogen-bond donors (Lipinski definition) is 0. The molecule has 3 rings (SSSR count). The van der Waals surface area contributed by atoms with E-state index in [1.165, 1.54) is 4.57 Å². The van der Waals surface area contributed by atoms with Gasteiger partial charge < -0.3 is 9.47 Å². The molecule has 0 aliphatic heterocycles. The Labute approximate surface area is 159 Å². The Hall–Kier alpha value is -3.37. The van der Waals surface area contributed by atoms with E-state index in [2.05, 4.69) is 4.98 Å². The molecule has 1 heterocycles. The highest BCUT2D eigenvalue weighted by atomic mass is 35.5. The van der Waals surface area contributed by atoms with Gasteiger partial charge in [-0.1, -0.05) is 23.7 Å². The third-order valence-corrected chi connectivity index (χ3v) is 3.95. The fraction of sp³-hybridized carbons (Fsp3) is 0.158. The summed E-state index contributed by atoms with van der Waals surface area (Å²) in [6, 6.07) is 15.2. The Morgan fingerprint density at radius 2 is 1.93 bits per heavy atom. The zero-order chi connectivity index (χ0) is 19.2. The second-order valence-electron chi connectivity index (χ2n) is 5.50. The van der Waals surface area contributed by atoms with Crippen LogP contribution in [0.5, 0.6) is 5.75 Å². The average Bonchev–Trinajstić information content (AvgIpc) is 2.68. The van der Waals surface area contributed by atoms with E-state index in [0.29, 0.717) is 21.7 Å². The van der Waals surface area contributed by atoms with Crippen LogP contribution in [0.3, 0.4) is 0 Å². The third kappa shape index (κ3) is 4.43. The number of aromatic nitrogens is 2. The van der Waals surface area contributed by atoms with E-state index in [0.717, 1.165) is 0 Å². The molecule has 0 unspecified atom stereocenters. The van der Waals surface area contributed by atoms with Crippen molar-refractivity contribution >= 4 is 28.5 Å². The monoisotopic (exact) mass is 383 g/mol. The van der Waals surface area contributed by atoms with Crippen LogP contribution in [0.1, 0.15) is 5.82 Å². The lowest BCUT2D eigenvalue weighted by Crippen LogP contribution is -2.26. The van der Waals surface area contributed by atoms with E-state index in [-0.39, 0.29) is 31.1 Å². The van der Waals surface area contributed by atoms with Crippen LogP contribution in [0.25, 0.3) is 10.9 Å². The molecule has 0 fully saturated rings. The zero-order valence-corrected chi connectivity index (χ0v) is 14.8. The van der Waals surface area contributed by atoms with Crippen molar-refractivity contribution in [2.24, 2.45) is 0 Å². The molecule has 7 nitrogen and oxygen atoms in total. The molecule has 0 amide bonds. The van der Waals surface area contributed by atoms with Crippen LogP contribution >= 0.6 is 11.6 Å². The Morgan fingerprint density at radius 3 is 2.67 bits per heavy atom. The minimum Gasteiger partial charge on any atom is -0.482 e. The van der Waals surface area contributed by atoms with Crippen LogP contribution in [-0.2, 0) is 22.7 Å². The van der Waals surface area contributed by atoms with Crippen LogP contribution in [0, 0.1) is 11.3 Å². The number of ether oxygens (including phenoxy) is 2. The van der Waals surface area contributed by atoms with Crippen LogP contribution in [0.15, 0.2) is 53.3 Å². The van der Waals surface area contributed by atoms with E-state index >= 15 is 0 Å². The van der Waals surface area contributed by atoms with Crippen molar-refractivity contribution in [2.75, 3.05) is 6.61 Å². The summed E-state index contributed by atoms with van der Waals surface area (Å²) in [5.74, 6) is 0.0394. The largest absolute Gasteiger partial charge is 0.482 e. The lowest BCUT2D eigenvalue weighted by molar-refractivity contribution is -0.147. The van der Waals surface area contributed by atoms with Crippen molar-refractivity contribution in [1.82, 2.24) is 9.55 Å². The van der Waals surface area contributed by atoms with Crippen molar-refractivity contribution in [3.8, 4) is 11.8 Å². The number of nitriles is 1. The SMILES string of the molecule is N#CCn1c(COC(=O)COc2ccc(Cl)cc2)nc2ccccc2c1=O. The van der Waals surface area contributed by atoms with Gasteiger partial charge in [-0.05, 0) is 36.4 Å². The van der Waals surface area contributed by atoms with Crippen molar-refractivity contribution in [3.63, 3.8) is 0 Å². The normalized spacial score (nSPS) is 10.4. The van der Waals surface area contributed by atoms with Crippen molar-refractivity contribution in [2.45, 2.75) is 13.2 Å². The first-order valence-corrected chi connectivity index (χ1v) is 8.35. The molecule has 0 atom stereocenters. The number of rotatable bonds is 6. The van der Waals surface area contributed by atoms with Gasteiger partial charge in [0.05, 0.1) is 17.0 Å². The minimum atomic E-state index is -0.629. The van der Waals surface area contributed by atoms with Crippen molar-refractivity contribution in [3.05, 3.63) is 69.7 Å². The topological polar surface area (TPSA) is 94.2 Å². The maximum atomic E-state index is 12.5. The summed E-state index contributed by atoms with van der Waals surface area (Å²) in [4.78, 5) is 28.8. The van der Waals surface area contributed by atoms with E-state index in [9.17, 15) is 9.59 Å². The Balaban J connectivity index is 1.71. The fourth-order valence-electron chi connectivity index (χ4n) is 2.42. The Morgan fingerprint density at radius 1 is 1.19 bits per heavy atom. The predicted molar refractivity (Wildman–Crippen MR) is 98.4 cm³/mol. The third-order valence-electron chi connectivity index (χ3n) is 3.70. The van der Waals surface area contributed by atoms with Gasteiger partial charge in [0.25, 0.3) is 5.56 Å². The lowest BCUT2D eigenvalue weighted by atomic mass is 10.2. The van der Waals surface area contributed by atoms with Gasteiger partial charge in [-0.3, -0.25) is 9.36 Å². The molecular weight excluding hydrogens is 370 g/mol.